The van der Waals surface area contributed by atoms with E-state index in [0.717, 1.165) is 33.4 Å². The SMILES string of the molecule is C=C1CCN(C(=O)OC(C)(C)C)[C@@H]1c1nc[nH]c1-c1ccc(Br)cc1. The number of nitrogens with zero attached hydrogens (tertiary/aromatic N) is 2. The summed E-state index contributed by atoms with van der Waals surface area (Å²) in [6.45, 7) is 10.4. The molecule has 3 rings (SSSR count). The van der Waals surface area contributed by atoms with E-state index in [1.165, 1.54) is 0 Å². The summed E-state index contributed by atoms with van der Waals surface area (Å²) in [6.07, 6.45) is 2.07. The Labute approximate surface area is 156 Å². The lowest BCUT2D eigenvalue weighted by molar-refractivity contribution is 0.0234. The molecule has 0 spiro atoms. The highest BCUT2D eigenvalue weighted by Gasteiger charge is 2.38. The number of benzene rings is 1. The van der Waals surface area contributed by atoms with E-state index in [0.29, 0.717) is 6.54 Å². The molecule has 0 saturated carbocycles. The van der Waals surface area contributed by atoms with Crippen LogP contribution >= 0.6 is 15.9 Å². The van der Waals surface area contributed by atoms with Crippen molar-refractivity contribution in [2.24, 2.45) is 0 Å². The smallest absolute Gasteiger partial charge is 0.411 e. The Morgan fingerprint density at radius 2 is 2.04 bits per heavy atom. The Morgan fingerprint density at radius 3 is 2.68 bits per heavy atom. The second-order valence-electron chi connectivity index (χ2n) is 7.15. The molecule has 1 aromatic carbocycles. The van der Waals surface area contributed by atoms with Gasteiger partial charge in [0.2, 0.25) is 0 Å². The first-order valence-corrected chi connectivity index (χ1v) is 9.02. The number of likely N-dealkylation sites (tertiary alicyclic amines) is 1. The number of carbonyl (C=O) groups is 1. The fourth-order valence-corrected chi connectivity index (χ4v) is 3.23. The maximum atomic E-state index is 12.6. The van der Waals surface area contributed by atoms with Crippen molar-refractivity contribution < 1.29 is 9.53 Å². The van der Waals surface area contributed by atoms with Gasteiger partial charge in [0.15, 0.2) is 0 Å². The lowest BCUT2D eigenvalue weighted by Gasteiger charge is -2.28. The number of carbonyl (C=O) groups excluding carboxylic acids is 1. The van der Waals surface area contributed by atoms with Gasteiger partial charge in [0.25, 0.3) is 0 Å². The van der Waals surface area contributed by atoms with E-state index in [9.17, 15) is 4.79 Å². The zero-order valence-corrected chi connectivity index (χ0v) is 16.3. The lowest BCUT2D eigenvalue weighted by Crippen LogP contribution is -2.36. The summed E-state index contributed by atoms with van der Waals surface area (Å²) in [7, 11) is 0. The molecule has 5 nitrogen and oxygen atoms in total. The number of halogens is 1. The van der Waals surface area contributed by atoms with Gasteiger partial charge in [-0.3, -0.25) is 4.90 Å². The standard InChI is InChI=1S/C19H22BrN3O2/c1-12-9-10-23(18(24)25-19(2,3)4)17(12)16-15(21-11-22-16)13-5-7-14(20)8-6-13/h5-8,11,17H,1,9-10H2,2-4H3,(H,21,22)/t17-/m0/s1. The van der Waals surface area contributed by atoms with Crippen molar-refractivity contribution in [2.75, 3.05) is 6.54 Å². The number of ether oxygens (including phenoxy) is 1. The van der Waals surface area contributed by atoms with Crippen LogP contribution in [-0.2, 0) is 4.74 Å². The summed E-state index contributed by atoms with van der Waals surface area (Å²) in [4.78, 5) is 22.0. The number of H-pyrrole nitrogens is 1. The summed E-state index contributed by atoms with van der Waals surface area (Å²) in [5.41, 5.74) is 3.15. The molecular weight excluding hydrogens is 382 g/mol. The Balaban J connectivity index is 1.94. The lowest BCUT2D eigenvalue weighted by atomic mass is 10.0. The van der Waals surface area contributed by atoms with Gasteiger partial charge in [-0.15, -0.1) is 0 Å². The minimum Gasteiger partial charge on any atom is -0.444 e. The summed E-state index contributed by atoms with van der Waals surface area (Å²) in [6, 6.07) is 7.71. The van der Waals surface area contributed by atoms with Crippen molar-refractivity contribution in [3.63, 3.8) is 0 Å². The second-order valence-corrected chi connectivity index (χ2v) is 8.07. The van der Waals surface area contributed by atoms with Gasteiger partial charge in [-0.05, 0) is 44.9 Å². The van der Waals surface area contributed by atoms with Crippen LogP contribution in [0.15, 0.2) is 47.2 Å². The first-order chi connectivity index (χ1) is 11.8. The Morgan fingerprint density at radius 1 is 1.36 bits per heavy atom. The van der Waals surface area contributed by atoms with Crippen LogP contribution in [0.3, 0.4) is 0 Å². The average Bonchev–Trinajstić information content (AvgIpc) is 3.12. The van der Waals surface area contributed by atoms with Crippen LogP contribution < -0.4 is 0 Å². The van der Waals surface area contributed by atoms with Gasteiger partial charge in [0.05, 0.1) is 17.7 Å². The van der Waals surface area contributed by atoms with E-state index in [1.807, 2.05) is 45.0 Å². The molecule has 1 amide bonds. The molecule has 1 aliphatic rings. The van der Waals surface area contributed by atoms with Crippen molar-refractivity contribution in [1.29, 1.82) is 0 Å². The highest BCUT2D eigenvalue weighted by Crippen LogP contribution is 2.39. The van der Waals surface area contributed by atoms with E-state index in [1.54, 1.807) is 11.2 Å². The third-order valence-electron chi connectivity index (χ3n) is 4.06. The maximum absolute atomic E-state index is 12.6. The van der Waals surface area contributed by atoms with Gasteiger partial charge in [-0.2, -0.15) is 0 Å². The van der Waals surface area contributed by atoms with Crippen molar-refractivity contribution in [3.05, 3.63) is 52.9 Å². The summed E-state index contributed by atoms with van der Waals surface area (Å²) in [5, 5.41) is 0. The number of imidazole rings is 1. The molecule has 1 N–H and O–H groups in total. The third kappa shape index (κ3) is 3.79. The average molecular weight is 404 g/mol. The topological polar surface area (TPSA) is 58.2 Å². The summed E-state index contributed by atoms with van der Waals surface area (Å²) < 4.78 is 6.57. The number of hydrogen-bond acceptors (Lipinski definition) is 3. The molecule has 1 fully saturated rings. The molecule has 1 aliphatic heterocycles. The molecule has 25 heavy (non-hydrogen) atoms. The molecule has 6 heteroatoms. The number of aromatic amines is 1. The Kier molecular flexibility index (Phi) is 4.73. The van der Waals surface area contributed by atoms with Gasteiger partial charge in [-0.25, -0.2) is 9.78 Å². The highest BCUT2D eigenvalue weighted by atomic mass is 79.9. The molecule has 132 valence electrons. The van der Waals surface area contributed by atoms with Crippen molar-refractivity contribution in [3.8, 4) is 11.3 Å². The highest BCUT2D eigenvalue weighted by molar-refractivity contribution is 9.10. The minimum atomic E-state index is -0.536. The fourth-order valence-electron chi connectivity index (χ4n) is 2.97. The van der Waals surface area contributed by atoms with Crippen LogP contribution in [0.4, 0.5) is 4.79 Å². The van der Waals surface area contributed by atoms with Gasteiger partial charge < -0.3 is 9.72 Å². The zero-order valence-electron chi connectivity index (χ0n) is 14.7. The molecule has 0 radical (unpaired) electrons. The van der Waals surface area contributed by atoms with E-state index < -0.39 is 5.60 Å². The van der Waals surface area contributed by atoms with Crippen LogP contribution in [0.2, 0.25) is 0 Å². The first kappa shape index (κ1) is 17.7. The Bertz CT molecular complexity index is 790. The van der Waals surface area contributed by atoms with E-state index in [2.05, 4.69) is 32.5 Å². The molecule has 0 bridgehead atoms. The number of amides is 1. The molecule has 2 aromatic rings. The van der Waals surface area contributed by atoms with E-state index >= 15 is 0 Å². The molecule has 0 unspecified atom stereocenters. The van der Waals surface area contributed by atoms with Gasteiger partial charge in [0, 0.05) is 16.6 Å². The normalized spacial score (nSPS) is 17.8. The minimum absolute atomic E-state index is 0.278. The van der Waals surface area contributed by atoms with Crippen LogP contribution in [0.5, 0.6) is 0 Å². The van der Waals surface area contributed by atoms with Crippen LogP contribution in [0.1, 0.15) is 38.9 Å². The van der Waals surface area contributed by atoms with Gasteiger partial charge in [-0.1, -0.05) is 34.6 Å². The monoisotopic (exact) mass is 403 g/mol. The fraction of sp³-hybridized carbons (Fsp3) is 0.368. The molecule has 2 heterocycles. The number of rotatable bonds is 2. The van der Waals surface area contributed by atoms with Crippen LogP contribution in [0, 0.1) is 0 Å². The quantitative estimate of drug-likeness (QED) is 0.711. The molecule has 1 saturated heterocycles. The summed E-state index contributed by atoms with van der Waals surface area (Å²) in [5.74, 6) is 0. The summed E-state index contributed by atoms with van der Waals surface area (Å²) >= 11 is 3.45. The molecule has 0 aliphatic carbocycles. The molecule has 1 aromatic heterocycles. The van der Waals surface area contributed by atoms with Gasteiger partial charge in [0.1, 0.15) is 11.6 Å². The molecular formula is C19H22BrN3O2. The Hall–Kier alpha value is -2.08. The first-order valence-electron chi connectivity index (χ1n) is 8.23. The number of hydrogen-bond donors (Lipinski definition) is 1. The van der Waals surface area contributed by atoms with Crippen LogP contribution in [-0.4, -0.2) is 33.1 Å². The van der Waals surface area contributed by atoms with Crippen molar-refractivity contribution in [2.45, 2.75) is 38.8 Å². The largest absolute Gasteiger partial charge is 0.444 e. The molecule has 1 atom stereocenters. The maximum Gasteiger partial charge on any atom is 0.411 e. The zero-order chi connectivity index (χ0) is 18.2. The van der Waals surface area contributed by atoms with Crippen molar-refractivity contribution >= 4 is 22.0 Å². The van der Waals surface area contributed by atoms with Crippen LogP contribution in [0.25, 0.3) is 11.3 Å². The third-order valence-corrected chi connectivity index (χ3v) is 4.59. The van der Waals surface area contributed by atoms with Gasteiger partial charge >= 0.3 is 6.09 Å². The number of aromatic nitrogens is 2. The predicted octanol–water partition coefficient (Wildman–Crippen LogP) is 5.08. The predicted molar refractivity (Wildman–Crippen MR) is 101 cm³/mol. The van der Waals surface area contributed by atoms with E-state index in [-0.39, 0.29) is 12.1 Å². The number of nitrogens with one attached hydrogen (secondary N) is 1. The van der Waals surface area contributed by atoms with E-state index in [4.69, 9.17) is 4.74 Å². The second kappa shape index (κ2) is 6.67. The van der Waals surface area contributed by atoms with Crippen molar-refractivity contribution in [1.82, 2.24) is 14.9 Å².